The van der Waals surface area contributed by atoms with E-state index in [-0.39, 0.29) is 0 Å². The highest BCUT2D eigenvalue weighted by Gasteiger charge is 2.59. The molecule has 6 nitrogen and oxygen atoms in total. The van der Waals surface area contributed by atoms with Crippen molar-refractivity contribution in [1.82, 2.24) is 19.7 Å². The first-order valence-electron chi connectivity index (χ1n) is 10.1. The number of pyridine rings is 1. The Morgan fingerprint density at radius 2 is 1.79 bits per heavy atom. The third-order valence-corrected chi connectivity index (χ3v) is 6.88. The number of aromatic nitrogens is 3. The van der Waals surface area contributed by atoms with Crippen molar-refractivity contribution in [3.63, 3.8) is 0 Å². The second-order valence-corrected chi connectivity index (χ2v) is 8.78. The molecule has 2 aromatic heterocycles. The van der Waals surface area contributed by atoms with Crippen LogP contribution < -0.4 is 5.73 Å². The van der Waals surface area contributed by atoms with E-state index in [9.17, 15) is 13.2 Å². The molecule has 9 heteroatoms. The second-order valence-electron chi connectivity index (χ2n) is 8.78. The van der Waals surface area contributed by atoms with Gasteiger partial charge in [-0.1, -0.05) is 0 Å². The number of nitrogen functional groups attached to an aromatic ring is 1. The summed E-state index contributed by atoms with van der Waals surface area (Å²) in [6.07, 6.45) is -0.984. The molecule has 4 fully saturated rings. The Morgan fingerprint density at radius 3 is 2.38 bits per heavy atom. The number of nitrogens with two attached hydrogens (primary N) is 1. The van der Waals surface area contributed by atoms with E-state index < -0.39 is 17.6 Å². The van der Waals surface area contributed by atoms with Crippen LogP contribution in [0.3, 0.4) is 0 Å². The summed E-state index contributed by atoms with van der Waals surface area (Å²) in [7, 11) is 0. The summed E-state index contributed by atoms with van der Waals surface area (Å²) in [6, 6.07) is 3.98. The van der Waals surface area contributed by atoms with Gasteiger partial charge in [0.2, 0.25) is 0 Å². The predicted octanol–water partition coefficient (Wildman–Crippen LogP) is 2.93. The van der Waals surface area contributed by atoms with E-state index >= 15 is 0 Å². The van der Waals surface area contributed by atoms with Crippen LogP contribution in [-0.2, 0) is 10.9 Å². The van der Waals surface area contributed by atoms with E-state index in [2.05, 4.69) is 14.6 Å². The van der Waals surface area contributed by atoms with E-state index in [1.807, 2.05) is 6.07 Å². The van der Waals surface area contributed by atoms with Gasteiger partial charge >= 0.3 is 6.18 Å². The van der Waals surface area contributed by atoms with Gasteiger partial charge in [-0.3, -0.25) is 9.58 Å². The van der Waals surface area contributed by atoms with Crippen molar-refractivity contribution in [3.05, 3.63) is 29.6 Å². The number of hydrogen-bond acceptors (Lipinski definition) is 5. The fraction of sp³-hybridized carbons (Fsp3) is 0.600. The Morgan fingerprint density at radius 1 is 1.07 bits per heavy atom. The van der Waals surface area contributed by atoms with E-state index in [0.29, 0.717) is 41.1 Å². The Bertz CT molecular complexity index is 954. The lowest BCUT2D eigenvalue weighted by molar-refractivity contribution is -0.137. The fourth-order valence-corrected chi connectivity index (χ4v) is 4.98. The summed E-state index contributed by atoms with van der Waals surface area (Å²) in [5.41, 5.74) is 6.64. The van der Waals surface area contributed by atoms with Crippen molar-refractivity contribution in [2.24, 2.45) is 11.8 Å². The molecule has 2 N–H and O–H groups in total. The van der Waals surface area contributed by atoms with Crippen LogP contribution in [0.15, 0.2) is 18.3 Å². The third kappa shape index (κ3) is 2.85. The number of piperidine rings is 1. The molecule has 2 aliphatic heterocycles. The molecule has 6 rings (SSSR count). The average Bonchev–Trinajstić information content (AvgIpc) is 3.49. The number of alkyl halides is 3. The van der Waals surface area contributed by atoms with Gasteiger partial charge in [-0.05, 0) is 36.8 Å². The zero-order valence-corrected chi connectivity index (χ0v) is 15.8. The fourth-order valence-electron chi connectivity index (χ4n) is 4.98. The van der Waals surface area contributed by atoms with Crippen molar-refractivity contribution in [2.75, 3.05) is 32.0 Å². The lowest BCUT2D eigenvalue weighted by Gasteiger charge is -2.35. The minimum absolute atomic E-state index is 0.367. The first kappa shape index (κ1) is 17.7. The smallest absolute Gasteiger partial charge is 0.383 e. The molecule has 0 amide bonds. The molecule has 3 atom stereocenters. The number of halogens is 3. The van der Waals surface area contributed by atoms with Crippen LogP contribution in [0.2, 0.25) is 0 Å². The molecule has 2 unspecified atom stereocenters. The highest BCUT2D eigenvalue weighted by molar-refractivity contribution is 5.63. The van der Waals surface area contributed by atoms with Gasteiger partial charge in [0.15, 0.2) is 0 Å². The summed E-state index contributed by atoms with van der Waals surface area (Å²) in [5.74, 6) is 1.19. The largest absolute Gasteiger partial charge is 0.419 e. The molecular formula is C20H22F3N5O. The molecule has 0 spiro atoms. The first-order chi connectivity index (χ1) is 13.9. The monoisotopic (exact) mass is 405 g/mol. The van der Waals surface area contributed by atoms with Crippen LogP contribution in [-0.4, -0.2) is 52.0 Å². The summed E-state index contributed by atoms with van der Waals surface area (Å²) in [4.78, 5) is 6.30. The molecule has 2 aliphatic carbocycles. The number of rotatable bonds is 4. The van der Waals surface area contributed by atoms with Gasteiger partial charge in [-0.25, -0.2) is 4.98 Å². The van der Waals surface area contributed by atoms with Crippen LogP contribution in [0, 0.1) is 11.8 Å². The van der Waals surface area contributed by atoms with Crippen molar-refractivity contribution < 1.29 is 17.9 Å². The molecule has 0 radical (unpaired) electrons. The summed E-state index contributed by atoms with van der Waals surface area (Å²) < 4.78 is 47.1. The van der Waals surface area contributed by atoms with E-state index in [4.69, 9.17) is 15.6 Å². The molecule has 4 heterocycles. The first-order valence-corrected chi connectivity index (χ1v) is 10.1. The van der Waals surface area contributed by atoms with Gasteiger partial charge in [-0.2, -0.15) is 18.3 Å². The lowest BCUT2D eigenvalue weighted by atomic mass is 10.1. The number of hydrogen-bond donors (Lipinski definition) is 1. The maximum Gasteiger partial charge on any atom is 0.419 e. The molecule has 0 bridgehead atoms. The van der Waals surface area contributed by atoms with Crippen molar-refractivity contribution >= 4 is 5.82 Å². The Kier molecular flexibility index (Phi) is 3.63. The normalized spacial score (nSPS) is 29.7. The molecule has 2 saturated carbocycles. The third-order valence-electron chi connectivity index (χ3n) is 6.88. The summed E-state index contributed by atoms with van der Waals surface area (Å²) in [6.45, 7) is 3.83. The average molecular weight is 405 g/mol. The van der Waals surface area contributed by atoms with Gasteiger partial charge in [0.25, 0.3) is 0 Å². The molecule has 29 heavy (non-hydrogen) atoms. The van der Waals surface area contributed by atoms with Crippen LogP contribution in [0.5, 0.6) is 0 Å². The standard InChI is InChI=1S/C20H22F3N5O/c21-20(22,23)15-3-10(5-25-19(15)24)16-4-17(28(26-16)11-1-2-11)18-13-6-27(7-14(13)18)12-8-29-9-12/h3-5,11-14,18H,1-2,6-9H2,(H2,24,25)/t13-,14?,18?/m1/s1. The van der Waals surface area contributed by atoms with Crippen molar-refractivity contribution in [1.29, 1.82) is 0 Å². The quantitative estimate of drug-likeness (QED) is 0.847. The minimum Gasteiger partial charge on any atom is -0.383 e. The number of nitrogens with zero attached hydrogens (tertiary/aromatic N) is 4. The van der Waals surface area contributed by atoms with E-state index in [1.54, 1.807) is 0 Å². The Labute approximate surface area is 165 Å². The molecule has 2 saturated heterocycles. The number of likely N-dealkylation sites (tertiary alicyclic amines) is 1. The minimum atomic E-state index is -4.53. The molecular weight excluding hydrogens is 383 g/mol. The topological polar surface area (TPSA) is 69.2 Å². The lowest BCUT2D eigenvalue weighted by Crippen LogP contribution is -2.48. The maximum absolute atomic E-state index is 13.2. The van der Waals surface area contributed by atoms with Crippen LogP contribution in [0.25, 0.3) is 11.3 Å². The Balaban J connectivity index is 1.29. The van der Waals surface area contributed by atoms with Crippen LogP contribution >= 0.6 is 0 Å². The van der Waals surface area contributed by atoms with Gasteiger partial charge in [0.05, 0.1) is 36.6 Å². The summed E-state index contributed by atoms with van der Waals surface area (Å²) in [5, 5.41) is 4.70. The molecule has 154 valence electrons. The van der Waals surface area contributed by atoms with Gasteiger partial charge in [-0.15, -0.1) is 0 Å². The van der Waals surface area contributed by atoms with Crippen molar-refractivity contribution in [2.45, 2.75) is 37.0 Å². The number of anilines is 1. The molecule has 4 aliphatic rings. The highest BCUT2D eigenvalue weighted by Crippen LogP contribution is 2.60. The Hall–Kier alpha value is -2.13. The van der Waals surface area contributed by atoms with Crippen molar-refractivity contribution in [3.8, 4) is 11.3 Å². The molecule has 0 aromatic carbocycles. The van der Waals surface area contributed by atoms with E-state index in [0.717, 1.165) is 45.2 Å². The predicted molar refractivity (Wildman–Crippen MR) is 99.0 cm³/mol. The van der Waals surface area contributed by atoms with Gasteiger partial charge in [0, 0.05) is 36.5 Å². The number of fused-ring (bicyclic) bond motifs is 1. The van der Waals surface area contributed by atoms with Gasteiger partial charge < -0.3 is 10.5 Å². The second kappa shape index (κ2) is 5.95. The zero-order valence-electron chi connectivity index (χ0n) is 15.8. The SMILES string of the molecule is Nc1ncc(-c2cc(C3C4CN(C5COC5)C[C@H]43)n(C3CC3)n2)cc1C(F)(F)F. The molecule has 2 aromatic rings. The maximum atomic E-state index is 13.2. The highest BCUT2D eigenvalue weighted by atomic mass is 19.4. The summed E-state index contributed by atoms with van der Waals surface area (Å²) >= 11 is 0. The van der Waals surface area contributed by atoms with Gasteiger partial charge in [0.1, 0.15) is 5.82 Å². The zero-order chi connectivity index (χ0) is 19.9. The number of ether oxygens (including phenoxy) is 1. The van der Waals surface area contributed by atoms with Crippen LogP contribution in [0.1, 0.15) is 36.1 Å². The van der Waals surface area contributed by atoms with Crippen LogP contribution in [0.4, 0.5) is 19.0 Å². The van der Waals surface area contributed by atoms with E-state index in [1.165, 1.54) is 11.9 Å².